The second-order valence-electron chi connectivity index (χ2n) is 6.00. The van der Waals surface area contributed by atoms with E-state index >= 15 is 0 Å². The quantitative estimate of drug-likeness (QED) is 0.854. The molecule has 0 saturated carbocycles. The van der Waals surface area contributed by atoms with E-state index < -0.39 is 0 Å². The summed E-state index contributed by atoms with van der Waals surface area (Å²) in [6.07, 6.45) is 6.48. The van der Waals surface area contributed by atoms with Gasteiger partial charge in [0.15, 0.2) is 5.82 Å². The fourth-order valence-corrected chi connectivity index (χ4v) is 3.62. The first-order valence-corrected chi connectivity index (χ1v) is 8.96. The lowest BCUT2D eigenvalue weighted by Gasteiger charge is -2.34. The van der Waals surface area contributed by atoms with Crippen LogP contribution in [-0.4, -0.2) is 27.8 Å². The molecule has 0 radical (unpaired) electrons. The molecule has 1 aromatic heterocycles. The van der Waals surface area contributed by atoms with E-state index in [0.717, 1.165) is 34.9 Å². The van der Waals surface area contributed by atoms with Crippen molar-refractivity contribution in [3.63, 3.8) is 0 Å². The number of nitrogens with zero attached hydrogens (tertiary/aromatic N) is 4. The molecule has 1 aromatic carbocycles. The number of anilines is 3. The molecule has 1 saturated heterocycles. The lowest BCUT2D eigenvalue weighted by molar-refractivity contribution is 0.442. The van der Waals surface area contributed by atoms with Crippen LogP contribution in [0.15, 0.2) is 28.9 Å². The van der Waals surface area contributed by atoms with E-state index in [-0.39, 0.29) is 0 Å². The topological polar surface area (TPSA) is 53.9 Å². The van der Waals surface area contributed by atoms with Crippen molar-refractivity contribution in [2.45, 2.75) is 45.6 Å². The first-order valence-electron chi connectivity index (χ1n) is 8.17. The number of aryl methyl sites for hydroxylation is 1. The average Bonchev–Trinajstić information content (AvgIpc) is 2.58. The minimum absolute atomic E-state index is 0.520. The van der Waals surface area contributed by atoms with Gasteiger partial charge < -0.3 is 10.2 Å². The number of hydrogen-bond donors (Lipinski definition) is 1. The maximum atomic E-state index is 4.67. The molecule has 6 heteroatoms. The highest BCUT2D eigenvalue weighted by Gasteiger charge is 2.23. The lowest BCUT2D eigenvalue weighted by atomic mass is 10.0. The third-order valence-corrected chi connectivity index (χ3v) is 4.95. The second kappa shape index (κ2) is 7.25. The van der Waals surface area contributed by atoms with Gasteiger partial charge in [-0.25, -0.2) is 0 Å². The van der Waals surface area contributed by atoms with Crippen molar-refractivity contribution in [1.29, 1.82) is 0 Å². The summed E-state index contributed by atoms with van der Waals surface area (Å²) < 4.78 is 1.02. The number of aromatic nitrogens is 3. The molecule has 1 N–H and O–H groups in total. The molecular formula is C17H22BrN5. The van der Waals surface area contributed by atoms with Crippen LogP contribution < -0.4 is 10.2 Å². The summed E-state index contributed by atoms with van der Waals surface area (Å²) >= 11 is 3.58. The standard InChI is InChI=1S/C17H22BrN5/c1-3-13-6-4-5-9-23(13)17-21-16(11-19-22-17)20-15-8-7-12(2)10-14(15)18/h7-8,10-11,13H,3-6,9H2,1-2H3,(H,20,21,22). The minimum atomic E-state index is 0.520. The van der Waals surface area contributed by atoms with Crippen molar-refractivity contribution < 1.29 is 0 Å². The highest BCUT2D eigenvalue weighted by Crippen LogP contribution is 2.27. The van der Waals surface area contributed by atoms with E-state index in [2.05, 4.69) is 67.3 Å². The highest BCUT2D eigenvalue weighted by molar-refractivity contribution is 9.10. The van der Waals surface area contributed by atoms with Gasteiger partial charge in [-0.3, -0.25) is 0 Å². The van der Waals surface area contributed by atoms with Crippen LogP contribution in [0.3, 0.4) is 0 Å². The van der Waals surface area contributed by atoms with Crippen LogP contribution in [0.5, 0.6) is 0 Å². The predicted octanol–water partition coefficient (Wildman–Crippen LogP) is 4.46. The maximum Gasteiger partial charge on any atom is 0.247 e. The van der Waals surface area contributed by atoms with Gasteiger partial charge in [0.25, 0.3) is 0 Å². The zero-order valence-electron chi connectivity index (χ0n) is 13.6. The summed E-state index contributed by atoms with van der Waals surface area (Å²) in [5, 5.41) is 11.7. The predicted molar refractivity (Wildman–Crippen MR) is 97.3 cm³/mol. The zero-order chi connectivity index (χ0) is 16.2. The van der Waals surface area contributed by atoms with E-state index in [1.807, 2.05) is 6.07 Å². The Morgan fingerprint density at radius 3 is 3.00 bits per heavy atom. The molecule has 1 aliphatic heterocycles. The SMILES string of the molecule is CCC1CCCCN1c1nncc(Nc2ccc(C)cc2Br)n1. The molecule has 2 heterocycles. The van der Waals surface area contributed by atoms with Crippen molar-refractivity contribution in [2.24, 2.45) is 0 Å². The van der Waals surface area contributed by atoms with E-state index in [1.54, 1.807) is 6.20 Å². The summed E-state index contributed by atoms with van der Waals surface area (Å²) in [6, 6.07) is 6.71. The summed E-state index contributed by atoms with van der Waals surface area (Å²) in [4.78, 5) is 6.97. The smallest absolute Gasteiger partial charge is 0.247 e. The molecule has 1 atom stereocenters. The first-order chi connectivity index (χ1) is 11.2. The second-order valence-corrected chi connectivity index (χ2v) is 6.86. The Hall–Kier alpha value is -1.69. The first kappa shape index (κ1) is 16.2. The van der Waals surface area contributed by atoms with E-state index in [4.69, 9.17) is 0 Å². The van der Waals surface area contributed by atoms with Gasteiger partial charge in [0.05, 0.1) is 11.9 Å². The molecule has 23 heavy (non-hydrogen) atoms. The maximum absolute atomic E-state index is 4.67. The third kappa shape index (κ3) is 3.80. The van der Waals surface area contributed by atoms with Gasteiger partial charge in [-0.15, -0.1) is 5.10 Å². The number of piperidine rings is 1. The van der Waals surface area contributed by atoms with Crippen LogP contribution in [0, 0.1) is 6.92 Å². The molecule has 1 fully saturated rings. The van der Waals surface area contributed by atoms with Crippen molar-refractivity contribution in [3.8, 4) is 0 Å². The van der Waals surface area contributed by atoms with Crippen LogP contribution in [-0.2, 0) is 0 Å². The van der Waals surface area contributed by atoms with Crippen LogP contribution in [0.25, 0.3) is 0 Å². The molecule has 1 unspecified atom stereocenters. The number of nitrogens with one attached hydrogen (secondary N) is 1. The highest BCUT2D eigenvalue weighted by atomic mass is 79.9. The Labute approximate surface area is 145 Å². The van der Waals surface area contributed by atoms with Crippen LogP contribution >= 0.6 is 15.9 Å². The molecule has 0 aliphatic carbocycles. The van der Waals surface area contributed by atoms with Gasteiger partial charge in [-0.2, -0.15) is 10.1 Å². The summed E-state index contributed by atoms with van der Waals surface area (Å²) in [6.45, 7) is 5.31. The molecule has 122 valence electrons. The molecule has 0 spiro atoms. The number of halogens is 1. The molecule has 1 aliphatic rings. The van der Waals surface area contributed by atoms with Gasteiger partial charge >= 0.3 is 0 Å². The summed E-state index contributed by atoms with van der Waals surface area (Å²) in [5.74, 6) is 1.45. The van der Waals surface area contributed by atoms with E-state index in [9.17, 15) is 0 Å². The lowest BCUT2D eigenvalue weighted by Crippen LogP contribution is -2.40. The van der Waals surface area contributed by atoms with Gasteiger partial charge in [0.2, 0.25) is 5.95 Å². The Morgan fingerprint density at radius 1 is 1.35 bits per heavy atom. The van der Waals surface area contributed by atoms with Crippen LogP contribution in [0.4, 0.5) is 17.5 Å². The fourth-order valence-electron chi connectivity index (χ4n) is 3.02. The van der Waals surface area contributed by atoms with Gasteiger partial charge in [0, 0.05) is 17.1 Å². The molecule has 0 amide bonds. The van der Waals surface area contributed by atoms with Crippen LogP contribution in [0.1, 0.15) is 38.2 Å². The Bertz CT molecular complexity index is 676. The Kier molecular flexibility index (Phi) is 5.10. The van der Waals surface area contributed by atoms with E-state index in [0.29, 0.717) is 6.04 Å². The Morgan fingerprint density at radius 2 is 2.22 bits per heavy atom. The van der Waals surface area contributed by atoms with Crippen molar-refractivity contribution in [2.75, 3.05) is 16.8 Å². The van der Waals surface area contributed by atoms with Crippen molar-refractivity contribution >= 4 is 33.4 Å². The number of rotatable bonds is 4. The third-order valence-electron chi connectivity index (χ3n) is 4.29. The largest absolute Gasteiger partial charge is 0.338 e. The van der Waals surface area contributed by atoms with Gasteiger partial charge in [-0.1, -0.05) is 13.0 Å². The molecule has 5 nitrogen and oxygen atoms in total. The van der Waals surface area contributed by atoms with E-state index in [1.165, 1.54) is 24.8 Å². The van der Waals surface area contributed by atoms with Crippen molar-refractivity contribution in [1.82, 2.24) is 15.2 Å². The average molecular weight is 376 g/mol. The van der Waals surface area contributed by atoms with Crippen LogP contribution in [0.2, 0.25) is 0 Å². The molecular weight excluding hydrogens is 354 g/mol. The van der Waals surface area contributed by atoms with Gasteiger partial charge in [-0.05, 0) is 66.2 Å². The monoisotopic (exact) mass is 375 g/mol. The van der Waals surface area contributed by atoms with Gasteiger partial charge in [0.1, 0.15) is 0 Å². The summed E-state index contributed by atoms with van der Waals surface area (Å²) in [5.41, 5.74) is 2.19. The minimum Gasteiger partial charge on any atom is -0.338 e. The Balaban J connectivity index is 1.82. The fraction of sp³-hybridized carbons (Fsp3) is 0.471. The molecule has 2 aromatic rings. The normalized spacial score (nSPS) is 18.0. The zero-order valence-corrected chi connectivity index (χ0v) is 15.2. The number of benzene rings is 1. The molecule has 0 bridgehead atoms. The van der Waals surface area contributed by atoms with Crippen molar-refractivity contribution in [3.05, 3.63) is 34.4 Å². The number of hydrogen-bond acceptors (Lipinski definition) is 5. The molecule has 3 rings (SSSR count). The summed E-state index contributed by atoms with van der Waals surface area (Å²) in [7, 11) is 0.